The van der Waals surface area contributed by atoms with Crippen LogP contribution in [-0.4, -0.2) is 56.7 Å². The number of methoxy groups -OCH3 is 1. The van der Waals surface area contributed by atoms with Gasteiger partial charge in [0.15, 0.2) is 0 Å². The standard InChI is InChI=1S/C20H24N4O3/c1-27-19(25)7-10-22-20(26)16-3-2-4-18(15-16)24-13-11-23(12-14-24)17-5-8-21-9-6-17/h2-6,8-9,15H,7,10-14H2,1H3,(H,22,26). The summed E-state index contributed by atoms with van der Waals surface area (Å²) in [5.74, 6) is -0.521. The van der Waals surface area contributed by atoms with Gasteiger partial charge < -0.3 is 19.9 Å². The zero-order valence-corrected chi connectivity index (χ0v) is 15.4. The molecule has 1 aromatic heterocycles. The predicted molar refractivity (Wildman–Crippen MR) is 104 cm³/mol. The van der Waals surface area contributed by atoms with Gasteiger partial charge in [-0.2, -0.15) is 0 Å². The van der Waals surface area contributed by atoms with E-state index in [0.29, 0.717) is 5.56 Å². The highest BCUT2D eigenvalue weighted by Crippen LogP contribution is 2.21. The average Bonchev–Trinajstić information content (AvgIpc) is 2.74. The average molecular weight is 368 g/mol. The van der Waals surface area contributed by atoms with Crippen LogP contribution in [0.3, 0.4) is 0 Å². The van der Waals surface area contributed by atoms with E-state index in [4.69, 9.17) is 0 Å². The van der Waals surface area contributed by atoms with Crippen LogP contribution in [0.5, 0.6) is 0 Å². The molecule has 0 atom stereocenters. The fourth-order valence-corrected chi connectivity index (χ4v) is 3.10. The van der Waals surface area contributed by atoms with Crippen LogP contribution in [0, 0.1) is 0 Å². The van der Waals surface area contributed by atoms with Crippen LogP contribution in [-0.2, 0) is 9.53 Å². The minimum absolute atomic E-state index is 0.166. The van der Waals surface area contributed by atoms with Gasteiger partial charge in [0, 0.05) is 62.1 Å². The molecule has 142 valence electrons. The summed E-state index contributed by atoms with van der Waals surface area (Å²) >= 11 is 0. The molecule has 1 N–H and O–H groups in total. The summed E-state index contributed by atoms with van der Waals surface area (Å²) in [6, 6.07) is 11.6. The molecule has 1 aliphatic rings. The number of esters is 1. The number of pyridine rings is 1. The molecule has 0 bridgehead atoms. The SMILES string of the molecule is COC(=O)CCNC(=O)c1cccc(N2CCN(c3ccncc3)CC2)c1. The van der Waals surface area contributed by atoms with E-state index >= 15 is 0 Å². The van der Waals surface area contributed by atoms with Gasteiger partial charge in [-0.05, 0) is 30.3 Å². The van der Waals surface area contributed by atoms with Crippen molar-refractivity contribution in [3.8, 4) is 0 Å². The summed E-state index contributed by atoms with van der Waals surface area (Å²) in [7, 11) is 1.34. The zero-order valence-electron chi connectivity index (χ0n) is 15.4. The van der Waals surface area contributed by atoms with Crippen molar-refractivity contribution in [1.82, 2.24) is 10.3 Å². The number of carbonyl (C=O) groups excluding carboxylic acids is 2. The minimum atomic E-state index is -0.337. The number of aromatic nitrogens is 1. The second kappa shape index (κ2) is 9.02. The van der Waals surface area contributed by atoms with E-state index in [1.165, 1.54) is 12.8 Å². The first-order valence-electron chi connectivity index (χ1n) is 9.02. The first-order chi connectivity index (χ1) is 13.2. The maximum atomic E-state index is 12.3. The van der Waals surface area contributed by atoms with Crippen molar-refractivity contribution < 1.29 is 14.3 Å². The van der Waals surface area contributed by atoms with Gasteiger partial charge in [0.2, 0.25) is 0 Å². The Bertz CT molecular complexity index is 774. The first kappa shape index (κ1) is 18.7. The fourth-order valence-electron chi connectivity index (χ4n) is 3.10. The van der Waals surface area contributed by atoms with Gasteiger partial charge >= 0.3 is 5.97 Å². The maximum Gasteiger partial charge on any atom is 0.307 e. The summed E-state index contributed by atoms with van der Waals surface area (Å²) in [5, 5.41) is 2.75. The molecule has 2 heterocycles. The number of ether oxygens (including phenoxy) is 1. The lowest BCUT2D eigenvalue weighted by atomic mass is 10.1. The number of rotatable bonds is 6. The number of nitrogens with one attached hydrogen (secondary N) is 1. The van der Waals surface area contributed by atoms with Gasteiger partial charge in [-0.1, -0.05) is 6.07 Å². The van der Waals surface area contributed by atoms with Crippen molar-refractivity contribution in [3.63, 3.8) is 0 Å². The largest absolute Gasteiger partial charge is 0.469 e. The van der Waals surface area contributed by atoms with Crippen molar-refractivity contribution in [2.45, 2.75) is 6.42 Å². The summed E-state index contributed by atoms with van der Waals surface area (Å²) in [6.07, 6.45) is 3.78. The number of anilines is 2. The molecule has 7 heteroatoms. The predicted octanol–water partition coefficient (Wildman–Crippen LogP) is 1.70. The van der Waals surface area contributed by atoms with Gasteiger partial charge in [-0.25, -0.2) is 0 Å². The molecule has 2 aromatic rings. The molecule has 1 aliphatic heterocycles. The van der Waals surface area contributed by atoms with Gasteiger partial charge in [0.25, 0.3) is 5.91 Å². The van der Waals surface area contributed by atoms with Crippen molar-refractivity contribution in [3.05, 3.63) is 54.4 Å². The van der Waals surface area contributed by atoms with Crippen LogP contribution >= 0.6 is 0 Å². The second-order valence-corrected chi connectivity index (χ2v) is 6.31. The minimum Gasteiger partial charge on any atom is -0.469 e. The molecule has 0 aliphatic carbocycles. The molecule has 0 spiro atoms. The number of hydrogen-bond acceptors (Lipinski definition) is 6. The summed E-state index contributed by atoms with van der Waals surface area (Å²) in [5.41, 5.74) is 2.81. The molecule has 3 rings (SSSR count). The van der Waals surface area contributed by atoms with Gasteiger partial charge in [-0.15, -0.1) is 0 Å². The quantitative estimate of drug-likeness (QED) is 0.783. The topological polar surface area (TPSA) is 74.8 Å². The Kier molecular flexibility index (Phi) is 6.25. The zero-order chi connectivity index (χ0) is 19.1. The van der Waals surface area contributed by atoms with Crippen LogP contribution in [0.4, 0.5) is 11.4 Å². The van der Waals surface area contributed by atoms with E-state index in [-0.39, 0.29) is 24.8 Å². The van der Waals surface area contributed by atoms with Crippen LogP contribution in [0.1, 0.15) is 16.8 Å². The third-order valence-corrected chi connectivity index (χ3v) is 4.62. The smallest absolute Gasteiger partial charge is 0.307 e. The molecule has 7 nitrogen and oxygen atoms in total. The summed E-state index contributed by atoms with van der Waals surface area (Å²) in [6.45, 7) is 3.87. The number of nitrogens with zero attached hydrogens (tertiary/aromatic N) is 3. The van der Waals surface area contributed by atoms with E-state index in [2.05, 4.69) is 24.8 Å². The molecular weight excluding hydrogens is 344 g/mol. The Labute approximate surface area is 158 Å². The van der Waals surface area contributed by atoms with Crippen molar-refractivity contribution >= 4 is 23.3 Å². The number of carbonyl (C=O) groups is 2. The molecule has 0 unspecified atom stereocenters. The lowest BCUT2D eigenvalue weighted by Crippen LogP contribution is -2.46. The maximum absolute atomic E-state index is 12.3. The molecule has 1 aromatic carbocycles. The van der Waals surface area contributed by atoms with E-state index in [1.54, 1.807) is 6.07 Å². The van der Waals surface area contributed by atoms with Crippen LogP contribution in [0.15, 0.2) is 48.8 Å². The molecule has 27 heavy (non-hydrogen) atoms. The van der Waals surface area contributed by atoms with Crippen molar-refractivity contribution in [2.24, 2.45) is 0 Å². The Morgan fingerprint density at radius 3 is 2.37 bits per heavy atom. The van der Waals surface area contributed by atoms with E-state index in [1.807, 2.05) is 42.7 Å². The number of hydrogen-bond donors (Lipinski definition) is 1. The molecular formula is C20H24N4O3. The van der Waals surface area contributed by atoms with Gasteiger partial charge in [-0.3, -0.25) is 14.6 Å². The van der Waals surface area contributed by atoms with Crippen LogP contribution in [0.25, 0.3) is 0 Å². The van der Waals surface area contributed by atoms with Crippen molar-refractivity contribution in [1.29, 1.82) is 0 Å². The van der Waals surface area contributed by atoms with Crippen molar-refractivity contribution in [2.75, 3.05) is 49.6 Å². The third kappa shape index (κ3) is 4.97. The lowest BCUT2D eigenvalue weighted by Gasteiger charge is -2.37. The first-order valence-corrected chi connectivity index (χ1v) is 9.02. The highest BCUT2D eigenvalue weighted by molar-refractivity contribution is 5.95. The molecule has 1 amide bonds. The van der Waals surface area contributed by atoms with Crippen LogP contribution < -0.4 is 15.1 Å². The Morgan fingerprint density at radius 1 is 1.04 bits per heavy atom. The summed E-state index contributed by atoms with van der Waals surface area (Å²) < 4.78 is 4.57. The Balaban J connectivity index is 1.56. The highest BCUT2D eigenvalue weighted by atomic mass is 16.5. The van der Waals surface area contributed by atoms with Gasteiger partial charge in [0.1, 0.15) is 0 Å². The molecule has 0 saturated carbocycles. The lowest BCUT2D eigenvalue weighted by molar-refractivity contribution is -0.140. The molecule has 1 saturated heterocycles. The second-order valence-electron chi connectivity index (χ2n) is 6.31. The fraction of sp³-hybridized carbons (Fsp3) is 0.350. The molecule has 1 fully saturated rings. The number of amides is 1. The third-order valence-electron chi connectivity index (χ3n) is 4.62. The van der Waals surface area contributed by atoms with E-state index in [9.17, 15) is 9.59 Å². The summed E-state index contributed by atoms with van der Waals surface area (Å²) in [4.78, 5) is 32.1. The number of benzene rings is 1. The monoisotopic (exact) mass is 368 g/mol. The Morgan fingerprint density at radius 2 is 1.70 bits per heavy atom. The normalized spacial score (nSPS) is 14.0. The van der Waals surface area contributed by atoms with E-state index < -0.39 is 0 Å². The molecule has 0 radical (unpaired) electrons. The van der Waals surface area contributed by atoms with Crippen LogP contribution in [0.2, 0.25) is 0 Å². The Hall–Kier alpha value is -3.09. The highest BCUT2D eigenvalue weighted by Gasteiger charge is 2.18. The van der Waals surface area contributed by atoms with Gasteiger partial charge in [0.05, 0.1) is 13.5 Å². The van der Waals surface area contributed by atoms with E-state index in [0.717, 1.165) is 31.9 Å². The number of piperazine rings is 1.